The van der Waals surface area contributed by atoms with Gasteiger partial charge in [-0.1, -0.05) is 22.0 Å². The van der Waals surface area contributed by atoms with E-state index in [1.807, 2.05) is 20.8 Å². The summed E-state index contributed by atoms with van der Waals surface area (Å²) < 4.78 is 17.1. The molecule has 1 aliphatic heterocycles. The SMILES string of the molecule is CC(C)(C)[S@@](=O)NC1c2cc(Br)ccc2CC12CCNCC2. The largest absolute Gasteiger partial charge is 0.317 e. The normalized spacial score (nSPS) is 25.2. The molecule has 1 fully saturated rings. The molecule has 0 radical (unpaired) electrons. The lowest BCUT2D eigenvalue weighted by molar-refractivity contribution is 0.164. The van der Waals surface area contributed by atoms with Gasteiger partial charge in [0.25, 0.3) is 0 Å². The molecule has 1 spiro atoms. The van der Waals surface area contributed by atoms with Crippen molar-refractivity contribution in [1.82, 2.24) is 10.0 Å². The predicted molar refractivity (Wildman–Crippen MR) is 96.2 cm³/mol. The maximum Gasteiger partial charge on any atom is 0.0976 e. The maximum atomic E-state index is 12.7. The monoisotopic (exact) mass is 384 g/mol. The molecule has 5 heteroatoms. The van der Waals surface area contributed by atoms with Gasteiger partial charge in [-0.25, -0.2) is 8.93 Å². The Morgan fingerprint density at radius 3 is 2.64 bits per heavy atom. The average Bonchev–Trinajstić information content (AvgIpc) is 2.72. The van der Waals surface area contributed by atoms with E-state index in [9.17, 15) is 4.21 Å². The van der Waals surface area contributed by atoms with Crippen LogP contribution in [0.15, 0.2) is 22.7 Å². The van der Waals surface area contributed by atoms with Crippen molar-refractivity contribution in [2.45, 2.75) is 50.8 Å². The topological polar surface area (TPSA) is 41.1 Å². The summed E-state index contributed by atoms with van der Waals surface area (Å²) in [5.74, 6) is 0. The third-order valence-corrected chi connectivity index (χ3v) is 7.01. The zero-order valence-corrected chi connectivity index (χ0v) is 15.9. The zero-order chi connectivity index (χ0) is 16.0. The van der Waals surface area contributed by atoms with E-state index in [4.69, 9.17) is 0 Å². The molecule has 0 amide bonds. The van der Waals surface area contributed by atoms with Crippen molar-refractivity contribution in [3.8, 4) is 0 Å². The van der Waals surface area contributed by atoms with Crippen LogP contribution in [0.3, 0.4) is 0 Å². The molecule has 0 bridgehead atoms. The van der Waals surface area contributed by atoms with Crippen LogP contribution < -0.4 is 10.0 Å². The van der Waals surface area contributed by atoms with Gasteiger partial charge in [-0.05, 0) is 81.8 Å². The van der Waals surface area contributed by atoms with Gasteiger partial charge in [0.2, 0.25) is 0 Å². The van der Waals surface area contributed by atoms with Gasteiger partial charge < -0.3 is 5.32 Å². The van der Waals surface area contributed by atoms with Gasteiger partial charge in [0.1, 0.15) is 0 Å². The summed E-state index contributed by atoms with van der Waals surface area (Å²) in [6.45, 7) is 8.19. The highest BCUT2D eigenvalue weighted by atomic mass is 79.9. The second-order valence-electron chi connectivity index (χ2n) is 7.56. The Bertz CT molecular complexity index is 591. The van der Waals surface area contributed by atoms with Crippen molar-refractivity contribution >= 4 is 26.9 Å². The van der Waals surface area contributed by atoms with Crippen LogP contribution in [0.1, 0.15) is 50.8 Å². The summed E-state index contributed by atoms with van der Waals surface area (Å²) >= 11 is 3.59. The molecular formula is C17H25BrN2OS. The number of halogens is 1. The number of hydrogen-bond acceptors (Lipinski definition) is 2. The first-order valence-electron chi connectivity index (χ1n) is 7.99. The van der Waals surface area contributed by atoms with Gasteiger partial charge in [-0.3, -0.25) is 0 Å². The van der Waals surface area contributed by atoms with Gasteiger partial charge in [-0.15, -0.1) is 0 Å². The highest BCUT2D eigenvalue weighted by Crippen LogP contribution is 2.51. The molecule has 1 unspecified atom stereocenters. The van der Waals surface area contributed by atoms with Crippen LogP contribution in [0.2, 0.25) is 0 Å². The highest BCUT2D eigenvalue weighted by Gasteiger charge is 2.47. The second kappa shape index (κ2) is 6.00. The van der Waals surface area contributed by atoms with E-state index in [0.29, 0.717) is 0 Å². The summed E-state index contributed by atoms with van der Waals surface area (Å²) in [5, 5.41) is 3.47. The van der Waals surface area contributed by atoms with E-state index in [2.05, 4.69) is 44.2 Å². The molecule has 122 valence electrons. The Labute approximate surface area is 144 Å². The summed E-state index contributed by atoms with van der Waals surface area (Å²) in [6, 6.07) is 6.74. The van der Waals surface area contributed by atoms with E-state index in [-0.39, 0.29) is 16.2 Å². The molecule has 1 aromatic rings. The smallest absolute Gasteiger partial charge is 0.0976 e. The minimum absolute atomic E-state index is 0.183. The molecule has 3 nitrogen and oxygen atoms in total. The maximum absolute atomic E-state index is 12.7. The minimum Gasteiger partial charge on any atom is -0.317 e. The third-order valence-electron chi connectivity index (χ3n) is 4.95. The lowest BCUT2D eigenvalue weighted by atomic mass is 9.73. The fourth-order valence-electron chi connectivity index (χ4n) is 3.67. The van der Waals surface area contributed by atoms with Gasteiger partial charge >= 0.3 is 0 Å². The molecule has 2 aliphatic rings. The van der Waals surface area contributed by atoms with E-state index in [1.165, 1.54) is 11.1 Å². The summed E-state index contributed by atoms with van der Waals surface area (Å²) in [5.41, 5.74) is 2.94. The van der Waals surface area contributed by atoms with Crippen molar-refractivity contribution in [2.24, 2.45) is 5.41 Å². The summed E-state index contributed by atoms with van der Waals surface area (Å²) in [6.07, 6.45) is 3.37. The number of nitrogens with one attached hydrogen (secondary N) is 2. The number of hydrogen-bond donors (Lipinski definition) is 2. The Balaban J connectivity index is 1.97. The van der Waals surface area contributed by atoms with Crippen molar-refractivity contribution < 1.29 is 4.21 Å². The van der Waals surface area contributed by atoms with Crippen LogP contribution in [0.5, 0.6) is 0 Å². The van der Waals surface area contributed by atoms with Crippen LogP contribution in [-0.4, -0.2) is 22.0 Å². The molecule has 1 aromatic carbocycles. The van der Waals surface area contributed by atoms with Gasteiger partial charge in [0, 0.05) is 4.47 Å². The van der Waals surface area contributed by atoms with Gasteiger partial charge in [-0.2, -0.15) is 0 Å². The lowest BCUT2D eigenvalue weighted by Crippen LogP contribution is -2.46. The van der Waals surface area contributed by atoms with Crippen molar-refractivity contribution in [2.75, 3.05) is 13.1 Å². The van der Waals surface area contributed by atoms with Crippen molar-refractivity contribution in [1.29, 1.82) is 0 Å². The molecule has 2 atom stereocenters. The Morgan fingerprint density at radius 2 is 2.00 bits per heavy atom. The predicted octanol–water partition coefficient (Wildman–Crippen LogP) is 3.47. The molecule has 0 aromatic heterocycles. The fourth-order valence-corrected chi connectivity index (χ4v) is 4.99. The Kier molecular flexibility index (Phi) is 4.54. The van der Waals surface area contributed by atoms with Crippen LogP contribution in [-0.2, 0) is 17.4 Å². The molecule has 1 saturated heterocycles. The van der Waals surface area contributed by atoms with E-state index in [0.717, 1.165) is 36.8 Å². The van der Waals surface area contributed by atoms with E-state index in [1.54, 1.807) is 0 Å². The first kappa shape index (κ1) is 16.6. The minimum atomic E-state index is -1.05. The van der Waals surface area contributed by atoms with Gasteiger partial charge in [0.15, 0.2) is 0 Å². The molecule has 1 heterocycles. The molecular weight excluding hydrogens is 360 g/mol. The van der Waals surface area contributed by atoms with Gasteiger partial charge in [0.05, 0.1) is 21.8 Å². The standard InChI is InChI=1S/C17H25BrN2OS/c1-16(2,3)22(21)20-15-14-10-13(18)5-4-12(14)11-17(15)6-8-19-9-7-17/h4-5,10,15,19-20H,6-9,11H2,1-3H3/t15?,22-/m1/s1. The van der Waals surface area contributed by atoms with Crippen LogP contribution in [0.4, 0.5) is 0 Å². The quantitative estimate of drug-likeness (QED) is 0.819. The van der Waals surface area contributed by atoms with Crippen LogP contribution in [0, 0.1) is 5.41 Å². The molecule has 2 N–H and O–H groups in total. The van der Waals surface area contributed by atoms with E-state index < -0.39 is 11.0 Å². The van der Waals surface area contributed by atoms with Crippen molar-refractivity contribution in [3.63, 3.8) is 0 Å². The van der Waals surface area contributed by atoms with Crippen LogP contribution in [0.25, 0.3) is 0 Å². The fraction of sp³-hybridized carbons (Fsp3) is 0.647. The van der Waals surface area contributed by atoms with E-state index >= 15 is 0 Å². The first-order chi connectivity index (χ1) is 10.3. The molecule has 1 aliphatic carbocycles. The Morgan fingerprint density at radius 1 is 1.32 bits per heavy atom. The highest BCUT2D eigenvalue weighted by molar-refractivity contribution is 9.10. The third kappa shape index (κ3) is 3.05. The van der Waals surface area contributed by atoms with Crippen molar-refractivity contribution in [3.05, 3.63) is 33.8 Å². The Hall–Kier alpha value is -0.230. The number of piperidine rings is 1. The molecule has 22 heavy (non-hydrogen) atoms. The number of fused-ring (bicyclic) bond motifs is 1. The summed E-state index contributed by atoms with van der Waals surface area (Å²) in [7, 11) is -1.05. The molecule has 3 rings (SSSR count). The van der Waals surface area contributed by atoms with Crippen LogP contribution >= 0.6 is 15.9 Å². The summed E-state index contributed by atoms with van der Waals surface area (Å²) in [4.78, 5) is 0. The lowest BCUT2D eigenvalue weighted by Gasteiger charge is -2.40. The number of rotatable bonds is 2. The first-order valence-corrected chi connectivity index (χ1v) is 9.93. The second-order valence-corrected chi connectivity index (χ2v) is 10.5. The molecule has 0 saturated carbocycles. The number of benzene rings is 1. The zero-order valence-electron chi connectivity index (χ0n) is 13.5. The average molecular weight is 385 g/mol.